The van der Waals surface area contributed by atoms with E-state index in [9.17, 15) is 25.2 Å². The summed E-state index contributed by atoms with van der Waals surface area (Å²) < 4.78 is 5.94. The van der Waals surface area contributed by atoms with E-state index in [1.54, 1.807) is 6.26 Å². The van der Waals surface area contributed by atoms with Gasteiger partial charge in [-0.25, -0.2) is 0 Å². The molecule has 8 nitrogen and oxygen atoms in total. The maximum atomic E-state index is 13.4. The Balaban J connectivity index is 2.13. The van der Waals surface area contributed by atoms with Crippen molar-refractivity contribution in [3.63, 3.8) is 0 Å². The summed E-state index contributed by atoms with van der Waals surface area (Å²) >= 11 is 1.26. The van der Waals surface area contributed by atoms with Gasteiger partial charge in [-0.15, -0.1) is 11.8 Å². The number of rotatable bonds is 11. The van der Waals surface area contributed by atoms with Crippen LogP contribution in [-0.4, -0.2) is 99.1 Å². The Labute approximate surface area is 197 Å². The number of ether oxygens (including phenoxy) is 1. The number of hydrogen-bond donors (Lipinski definition) is 5. The molecule has 8 atom stereocenters. The third kappa shape index (κ3) is 7.04. The molecule has 9 heteroatoms. The Morgan fingerprint density at radius 3 is 2.50 bits per heavy atom. The maximum Gasteiger partial charge on any atom is 0.237 e. The Bertz CT molecular complexity index is 567. The van der Waals surface area contributed by atoms with E-state index in [1.165, 1.54) is 31.0 Å². The third-order valence-corrected chi connectivity index (χ3v) is 7.80. The van der Waals surface area contributed by atoms with E-state index >= 15 is 0 Å². The van der Waals surface area contributed by atoms with Crippen molar-refractivity contribution in [2.75, 3.05) is 26.0 Å². The van der Waals surface area contributed by atoms with E-state index in [0.29, 0.717) is 12.5 Å². The number of β-amino-alcohol motifs (C(OH)–C–C–N with tert-alkyl or cyclic N) is 1. The minimum atomic E-state index is -1.34. The summed E-state index contributed by atoms with van der Waals surface area (Å²) in [4.78, 5) is 15.5. The zero-order valence-electron chi connectivity index (χ0n) is 20.0. The lowest BCUT2D eigenvalue weighted by molar-refractivity contribution is -0.208. The van der Waals surface area contributed by atoms with Crippen molar-refractivity contribution < 1.29 is 30.0 Å². The van der Waals surface area contributed by atoms with E-state index in [1.807, 2.05) is 18.7 Å². The highest BCUT2D eigenvalue weighted by molar-refractivity contribution is 7.99. The van der Waals surface area contributed by atoms with Crippen LogP contribution in [0.4, 0.5) is 0 Å². The van der Waals surface area contributed by atoms with Gasteiger partial charge in [-0.3, -0.25) is 9.69 Å². The van der Waals surface area contributed by atoms with Gasteiger partial charge < -0.3 is 30.5 Å². The summed E-state index contributed by atoms with van der Waals surface area (Å²) in [5.41, 5.74) is -0.680. The molecule has 0 saturated carbocycles. The molecule has 2 saturated heterocycles. The molecule has 0 bridgehead atoms. The summed E-state index contributed by atoms with van der Waals surface area (Å²) in [5.74, 6) is 0.298. The number of nitrogens with zero attached hydrogens (tertiary/aromatic N) is 1. The molecule has 0 aromatic heterocycles. The number of hydrogen-bond acceptors (Lipinski definition) is 8. The van der Waals surface area contributed by atoms with Crippen molar-refractivity contribution >= 4 is 17.7 Å². The highest BCUT2D eigenvalue weighted by Crippen LogP contribution is 2.31. The van der Waals surface area contributed by atoms with Gasteiger partial charge in [0.05, 0.1) is 18.7 Å². The zero-order chi connectivity index (χ0) is 23.8. The van der Waals surface area contributed by atoms with Gasteiger partial charge >= 0.3 is 0 Å². The van der Waals surface area contributed by atoms with Crippen molar-refractivity contribution in [2.45, 2.75) is 101 Å². The van der Waals surface area contributed by atoms with Crippen LogP contribution in [0.15, 0.2) is 0 Å². The van der Waals surface area contributed by atoms with E-state index in [-0.39, 0.29) is 24.5 Å². The maximum absolute atomic E-state index is 13.4. The number of amides is 1. The molecule has 0 radical (unpaired) electrons. The molecular formula is C23H44N2O6S. The summed E-state index contributed by atoms with van der Waals surface area (Å²) in [7, 11) is 0. The van der Waals surface area contributed by atoms with Gasteiger partial charge in [-0.2, -0.15) is 0 Å². The van der Waals surface area contributed by atoms with Crippen molar-refractivity contribution in [1.82, 2.24) is 10.2 Å². The highest BCUT2D eigenvalue weighted by atomic mass is 32.2. The number of nitrogens with one attached hydrogen (secondary N) is 1. The molecule has 0 aromatic rings. The first kappa shape index (κ1) is 27.8. The molecule has 2 aliphatic heterocycles. The summed E-state index contributed by atoms with van der Waals surface area (Å²) in [5, 5.41) is 43.7. The third-order valence-electron chi connectivity index (χ3n) is 6.95. The molecule has 1 amide bonds. The van der Waals surface area contributed by atoms with E-state index in [4.69, 9.17) is 4.74 Å². The van der Waals surface area contributed by atoms with Gasteiger partial charge in [-0.05, 0) is 37.5 Å². The first-order valence-corrected chi connectivity index (χ1v) is 13.4. The number of likely N-dealkylation sites (tertiary alicyclic amines) is 1. The Morgan fingerprint density at radius 2 is 1.91 bits per heavy atom. The Hall–Kier alpha value is -0.420. The molecular weight excluding hydrogens is 432 g/mol. The van der Waals surface area contributed by atoms with Crippen molar-refractivity contribution in [2.24, 2.45) is 11.8 Å². The number of carbonyl (C=O) groups excluding carboxylic acids is 1. The molecule has 0 spiro atoms. The molecule has 2 heterocycles. The normalized spacial score (nSPS) is 35.1. The second kappa shape index (κ2) is 13.5. The van der Waals surface area contributed by atoms with Crippen LogP contribution in [0, 0.1) is 11.8 Å². The average Bonchev–Trinajstić information content (AvgIpc) is 2.77. The van der Waals surface area contributed by atoms with Gasteiger partial charge in [0.25, 0.3) is 0 Å². The number of thioether (sulfide) groups is 1. The van der Waals surface area contributed by atoms with E-state index in [0.717, 1.165) is 25.8 Å². The van der Waals surface area contributed by atoms with Crippen LogP contribution >= 0.6 is 11.8 Å². The second-order valence-electron chi connectivity index (χ2n) is 9.62. The van der Waals surface area contributed by atoms with Crippen LogP contribution in [0.1, 0.15) is 59.3 Å². The summed E-state index contributed by atoms with van der Waals surface area (Å²) in [6.45, 7) is 7.30. The SMILES string of the molecule is CCCCCC1CCN(CCO)C(C(=O)NC(C(C)C)C2OC(SC)C(O)C(O)C2O)C1. The minimum absolute atomic E-state index is 0.00181. The minimum Gasteiger partial charge on any atom is -0.395 e. The van der Waals surface area contributed by atoms with Crippen LogP contribution < -0.4 is 5.32 Å². The molecule has 188 valence electrons. The predicted octanol–water partition coefficient (Wildman–Crippen LogP) is 0.951. The van der Waals surface area contributed by atoms with Crippen molar-refractivity contribution in [3.8, 4) is 0 Å². The van der Waals surface area contributed by atoms with Gasteiger partial charge in [0.15, 0.2) is 0 Å². The standard InChI is InChI=1S/C23H44N2O6S/c1-5-6-7-8-15-9-10-25(11-12-26)16(13-15)22(30)24-17(14(2)3)21-19(28)18(27)20(29)23(31-21)32-4/h14-21,23,26-29H,5-13H2,1-4H3,(H,24,30). The molecule has 2 rings (SSSR count). The number of aliphatic hydroxyl groups is 4. The monoisotopic (exact) mass is 476 g/mol. The van der Waals surface area contributed by atoms with Crippen LogP contribution in [0.25, 0.3) is 0 Å². The molecule has 8 unspecified atom stereocenters. The number of unbranched alkanes of at least 4 members (excludes halogenated alkanes) is 2. The quantitative estimate of drug-likeness (QED) is 0.280. The zero-order valence-corrected chi connectivity index (χ0v) is 20.8. The number of carbonyl (C=O) groups is 1. The number of aliphatic hydroxyl groups excluding tert-OH is 4. The lowest BCUT2D eigenvalue weighted by Gasteiger charge is -2.45. The summed E-state index contributed by atoms with van der Waals surface area (Å²) in [6, 6.07) is -0.859. The molecule has 2 aliphatic rings. The topological polar surface area (TPSA) is 122 Å². The van der Waals surface area contributed by atoms with Crippen molar-refractivity contribution in [3.05, 3.63) is 0 Å². The fourth-order valence-electron chi connectivity index (χ4n) is 4.95. The Morgan fingerprint density at radius 1 is 1.19 bits per heavy atom. The fourth-order valence-corrected chi connectivity index (χ4v) is 5.63. The highest BCUT2D eigenvalue weighted by Gasteiger charge is 2.48. The van der Waals surface area contributed by atoms with Crippen molar-refractivity contribution in [1.29, 1.82) is 0 Å². The Kier molecular flexibility index (Phi) is 11.7. The molecule has 0 aliphatic carbocycles. The molecule has 0 aromatic carbocycles. The summed E-state index contributed by atoms with van der Waals surface area (Å²) in [6.07, 6.45) is 3.54. The first-order chi connectivity index (χ1) is 15.2. The molecule has 2 fully saturated rings. The van der Waals surface area contributed by atoms with Gasteiger partial charge in [0, 0.05) is 6.54 Å². The lowest BCUT2D eigenvalue weighted by Crippen LogP contribution is -2.65. The van der Waals surface area contributed by atoms with Gasteiger partial charge in [0.2, 0.25) is 5.91 Å². The number of piperidine rings is 1. The molecule has 32 heavy (non-hydrogen) atoms. The average molecular weight is 477 g/mol. The lowest BCUT2D eigenvalue weighted by atomic mass is 9.85. The van der Waals surface area contributed by atoms with Gasteiger partial charge in [-0.1, -0.05) is 46.5 Å². The smallest absolute Gasteiger partial charge is 0.237 e. The van der Waals surface area contributed by atoms with E-state index in [2.05, 4.69) is 12.2 Å². The molecule has 5 N–H and O–H groups in total. The largest absolute Gasteiger partial charge is 0.395 e. The fraction of sp³-hybridized carbons (Fsp3) is 0.957. The van der Waals surface area contributed by atoms with E-state index < -0.39 is 35.9 Å². The predicted molar refractivity (Wildman–Crippen MR) is 126 cm³/mol. The van der Waals surface area contributed by atoms with Gasteiger partial charge in [0.1, 0.15) is 29.9 Å². The van der Waals surface area contributed by atoms with Crippen LogP contribution in [0.5, 0.6) is 0 Å². The second-order valence-corrected chi connectivity index (χ2v) is 10.6. The van der Waals surface area contributed by atoms with Crippen LogP contribution in [0.3, 0.4) is 0 Å². The first-order valence-electron chi connectivity index (χ1n) is 12.1. The van der Waals surface area contributed by atoms with Crippen LogP contribution in [0.2, 0.25) is 0 Å². The van der Waals surface area contributed by atoms with Crippen LogP contribution in [-0.2, 0) is 9.53 Å².